The number of nitrogens with zero attached hydrogens (tertiary/aromatic N) is 1. The van der Waals surface area contributed by atoms with Gasteiger partial charge in [-0.1, -0.05) is 0 Å². The van der Waals surface area contributed by atoms with Crippen LogP contribution in [0.3, 0.4) is 0 Å². The molecule has 2 aliphatic rings. The number of rotatable bonds is 4. The summed E-state index contributed by atoms with van der Waals surface area (Å²) in [6.45, 7) is 0.825. The van der Waals surface area contributed by atoms with Crippen molar-refractivity contribution in [2.24, 2.45) is 0 Å². The molecule has 3 rings (SSSR count). The fourth-order valence-corrected chi connectivity index (χ4v) is 2.58. The van der Waals surface area contributed by atoms with Crippen LogP contribution in [0.2, 0.25) is 0 Å². The SMILES string of the molecule is O=C(CN1C(=O)COc2ccc(F)cc21)NCC1CCCO1. The van der Waals surface area contributed by atoms with Gasteiger partial charge in [-0.15, -0.1) is 0 Å². The number of carbonyl (C=O) groups is 2. The fourth-order valence-electron chi connectivity index (χ4n) is 2.58. The van der Waals surface area contributed by atoms with Gasteiger partial charge in [0.15, 0.2) is 6.61 Å². The molecule has 1 saturated heterocycles. The van der Waals surface area contributed by atoms with Crippen LogP contribution >= 0.6 is 0 Å². The Morgan fingerprint density at radius 1 is 1.45 bits per heavy atom. The lowest BCUT2D eigenvalue weighted by molar-refractivity contribution is -0.125. The number of ether oxygens (including phenoxy) is 2. The molecule has 2 heterocycles. The Kier molecular flexibility index (Phi) is 4.24. The van der Waals surface area contributed by atoms with Crippen molar-refractivity contribution >= 4 is 17.5 Å². The van der Waals surface area contributed by atoms with E-state index in [1.165, 1.54) is 23.1 Å². The van der Waals surface area contributed by atoms with E-state index in [2.05, 4.69) is 5.32 Å². The van der Waals surface area contributed by atoms with Gasteiger partial charge in [-0.05, 0) is 25.0 Å². The average molecular weight is 308 g/mol. The van der Waals surface area contributed by atoms with Gasteiger partial charge in [0, 0.05) is 19.2 Å². The predicted molar refractivity (Wildman–Crippen MR) is 76.2 cm³/mol. The molecule has 1 aromatic carbocycles. The van der Waals surface area contributed by atoms with Crippen molar-refractivity contribution in [3.63, 3.8) is 0 Å². The summed E-state index contributed by atoms with van der Waals surface area (Å²) in [7, 11) is 0. The number of benzene rings is 1. The van der Waals surface area contributed by atoms with Crippen LogP contribution in [0.1, 0.15) is 12.8 Å². The molecule has 1 atom stereocenters. The van der Waals surface area contributed by atoms with Gasteiger partial charge in [0.2, 0.25) is 5.91 Å². The molecule has 0 aliphatic carbocycles. The number of carbonyl (C=O) groups excluding carboxylic acids is 2. The summed E-state index contributed by atoms with van der Waals surface area (Å²) < 4.78 is 24.0. The highest BCUT2D eigenvalue weighted by molar-refractivity contribution is 6.02. The van der Waals surface area contributed by atoms with Crippen LogP contribution in [0.15, 0.2) is 18.2 Å². The minimum absolute atomic E-state index is 0.0362. The van der Waals surface area contributed by atoms with Crippen molar-refractivity contribution in [1.82, 2.24) is 5.32 Å². The molecule has 0 radical (unpaired) electrons. The van der Waals surface area contributed by atoms with Gasteiger partial charge in [0.25, 0.3) is 5.91 Å². The van der Waals surface area contributed by atoms with Crippen molar-refractivity contribution in [2.75, 3.05) is 31.2 Å². The Hall–Kier alpha value is -2.15. The maximum Gasteiger partial charge on any atom is 0.265 e. The summed E-state index contributed by atoms with van der Waals surface area (Å²) >= 11 is 0. The number of nitrogens with one attached hydrogen (secondary N) is 1. The van der Waals surface area contributed by atoms with E-state index in [0.29, 0.717) is 12.3 Å². The zero-order valence-electron chi connectivity index (χ0n) is 12.0. The zero-order valence-corrected chi connectivity index (χ0v) is 12.0. The molecule has 118 valence electrons. The lowest BCUT2D eigenvalue weighted by Crippen LogP contribution is -2.46. The number of amides is 2. The van der Waals surface area contributed by atoms with E-state index in [-0.39, 0.29) is 36.8 Å². The van der Waals surface area contributed by atoms with E-state index < -0.39 is 5.82 Å². The lowest BCUT2D eigenvalue weighted by Gasteiger charge is -2.28. The Balaban J connectivity index is 1.64. The van der Waals surface area contributed by atoms with E-state index >= 15 is 0 Å². The fraction of sp³-hybridized carbons (Fsp3) is 0.467. The molecule has 0 spiro atoms. The summed E-state index contributed by atoms with van der Waals surface area (Å²) in [5, 5.41) is 2.75. The monoisotopic (exact) mass is 308 g/mol. The zero-order chi connectivity index (χ0) is 15.5. The van der Waals surface area contributed by atoms with Gasteiger partial charge in [-0.2, -0.15) is 0 Å². The van der Waals surface area contributed by atoms with Crippen LogP contribution in [-0.4, -0.2) is 44.2 Å². The first kappa shape index (κ1) is 14.8. The molecule has 1 unspecified atom stereocenters. The maximum absolute atomic E-state index is 13.4. The van der Waals surface area contributed by atoms with Crippen LogP contribution < -0.4 is 15.0 Å². The van der Waals surface area contributed by atoms with Crippen molar-refractivity contribution in [3.8, 4) is 5.75 Å². The van der Waals surface area contributed by atoms with Gasteiger partial charge >= 0.3 is 0 Å². The molecule has 0 bridgehead atoms. The predicted octanol–water partition coefficient (Wildman–Crippen LogP) is 0.846. The van der Waals surface area contributed by atoms with Crippen LogP contribution in [0, 0.1) is 5.82 Å². The van der Waals surface area contributed by atoms with Gasteiger partial charge in [-0.25, -0.2) is 4.39 Å². The van der Waals surface area contributed by atoms with E-state index in [4.69, 9.17) is 9.47 Å². The third-order valence-corrected chi connectivity index (χ3v) is 3.72. The molecule has 0 saturated carbocycles. The molecule has 6 nitrogen and oxygen atoms in total. The van der Waals surface area contributed by atoms with E-state index in [1.807, 2.05) is 0 Å². The summed E-state index contributed by atoms with van der Waals surface area (Å²) in [6.07, 6.45) is 1.95. The minimum Gasteiger partial charge on any atom is -0.482 e. The van der Waals surface area contributed by atoms with Crippen molar-refractivity contribution < 1.29 is 23.5 Å². The Morgan fingerprint density at radius 3 is 3.09 bits per heavy atom. The second-order valence-electron chi connectivity index (χ2n) is 5.32. The highest BCUT2D eigenvalue weighted by Crippen LogP contribution is 2.32. The molecule has 0 aromatic heterocycles. The molecule has 1 aromatic rings. The highest BCUT2D eigenvalue weighted by atomic mass is 19.1. The van der Waals surface area contributed by atoms with Crippen LogP contribution in [0.5, 0.6) is 5.75 Å². The Labute approximate surface area is 127 Å². The normalized spacial score (nSPS) is 20.5. The largest absolute Gasteiger partial charge is 0.482 e. The summed E-state index contributed by atoms with van der Waals surface area (Å²) in [5.74, 6) is -0.763. The second kappa shape index (κ2) is 6.31. The molecular weight excluding hydrogens is 291 g/mol. The van der Waals surface area contributed by atoms with E-state index in [9.17, 15) is 14.0 Å². The van der Waals surface area contributed by atoms with Gasteiger partial charge in [0.05, 0.1) is 11.8 Å². The Morgan fingerprint density at radius 2 is 2.32 bits per heavy atom. The average Bonchev–Trinajstić information content (AvgIpc) is 3.02. The van der Waals surface area contributed by atoms with E-state index in [0.717, 1.165) is 19.4 Å². The van der Waals surface area contributed by atoms with Gasteiger partial charge < -0.3 is 14.8 Å². The van der Waals surface area contributed by atoms with Crippen LogP contribution in [-0.2, 0) is 14.3 Å². The molecule has 7 heteroatoms. The third-order valence-electron chi connectivity index (χ3n) is 3.72. The Bertz CT molecular complexity index is 587. The molecular formula is C15H17FN2O4. The van der Waals surface area contributed by atoms with Crippen LogP contribution in [0.25, 0.3) is 0 Å². The standard InChI is InChI=1S/C15H17FN2O4/c16-10-3-4-13-12(6-10)18(15(20)9-22-13)8-14(19)17-7-11-2-1-5-21-11/h3-4,6,11H,1-2,5,7-9H2,(H,17,19). The van der Waals surface area contributed by atoms with Crippen LogP contribution in [0.4, 0.5) is 10.1 Å². The maximum atomic E-state index is 13.4. The first-order valence-electron chi connectivity index (χ1n) is 7.24. The second-order valence-corrected chi connectivity index (χ2v) is 5.32. The van der Waals surface area contributed by atoms with E-state index in [1.54, 1.807) is 0 Å². The first-order chi connectivity index (χ1) is 10.6. The molecule has 1 N–H and O–H groups in total. The summed E-state index contributed by atoms with van der Waals surface area (Å²) in [5.41, 5.74) is 0.281. The quantitative estimate of drug-likeness (QED) is 0.895. The van der Waals surface area contributed by atoms with Gasteiger partial charge in [-0.3, -0.25) is 14.5 Å². The highest BCUT2D eigenvalue weighted by Gasteiger charge is 2.28. The van der Waals surface area contributed by atoms with Crippen molar-refractivity contribution in [3.05, 3.63) is 24.0 Å². The molecule has 2 amide bonds. The topological polar surface area (TPSA) is 67.9 Å². The summed E-state index contributed by atoms with van der Waals surface area (Å²) in [4.78, 5) is 25.2. The lowest BCUT2D eigenvalue weighted by atomic mass is 10.2. The molecule has 22 heavy (non-hydrogen) atoms. The minimum atomic E-state index is -0.484. The van der Waals surface area contributed by atoms with Gasteiger partial charge in [0.1, 0.15) is 18.1 Å². The number of halogens is 1. The third kappa shape index (κ3) is 3.19. The smallest absolute Gasteiger partial charge is 0.265 e. The number of fused-ring (bicyclic) bond motifs is 1. The molecule has 1 fully saturated rings. The number of hydrogen-bond acceptors (Lipinski definition) is 4. The van der Waals surface area contributed by atoms with Crippen molar-refractivity contribution in [1.29, 1.82) is 0 Å². The molecule has 2 aliphatic heterocycles. The summed E-state index contributed by atoms with van der Waals surface area (Å²) in [6, 6.07) is 3.90. The number of anilines is 1. The number of hydrogen-bond donors (Lipinski definition) is 1. The first-order valence-corrected chi connectivity index (χ1v) is 7.24. The van der Waals surface area contributed by atoms with Crippen molar-refractivity contribution in [2.45, 2.75) is 18.9 Å².